The van der Waals surface area contributed by atoms with Gasteiger partial charge in [-0.2, -0.15) is 0 Å². The SMILES string of the molecule is COCC(=O)Nc1ccc(N2C(=S)N[C@@H](c3ccccn3)[C@@H]2c2cccn2C(C)C)cc1. The van der Waals surface area contributed by atoms with E-state index in [0.29, 0.717) is 16.8 Å². The molecule has 32 heavy (non-hydrogen) atoms. The molecule has 2 atom stereocenters. The van der Waals surface area contributed by atoms with Gasteiger partial charge in [-0.05, 0) is 74.6 Å². The van der Waals surface area contributed by atoms with Gasteiger partial charge >= 0.3 is 0 Å². The number of aromatic nitrogens is 2. The van der Waals surface area contributed by atoms with Crippen LogP contribution in [0.4, 0.5) is 11.4 Å². The summed E-state index contributed by atoms with van der Waals surface area (Å²) in [5, 5.41) is 6.94. The number of benzene rings is 1. The predicted octanol–water partition coefficient (Wildman–Crippen LogP) is 4.23. The zero-order valence-corrected chi connectivity index (χ0v) is 19.2. The summed E-state index contributed by atoms with van der Waals surface area (Å²) < 4.78 is 7.15. The van der Waals surface area contributed by atoms with Gasteiger partial charge in [-0.1, -0.05) is 6.07 Å². The summed E-state index contributed by atoms with van der Waals surface area (Å²) in [5.74, 6) is -0.193. The molecule has 1 saturated heterocycles. The number of ether oxygens (including phenoxy) is 1. The molecule has 1 aromatic carbocycles. The van der Waals surface area contributed by atoms with E-state index in [1.165, 1.54) is 7.11 Å². The monoisotopic (exact) mass is 449 g/mol. The Morgan fingerprint density at radius 2 is 1.97 bits per heavy atom. The molecule has 0 bridgehead atoms. The van der Waals surface area contributed by atoms with Crippen molar-refractivity contribution in [2.75, 3.05) is 23.9 Å². The highest BCUT2D eigenvalue weighted by molar-refractivity contribution is 7.80. The average molecular weight is 450 g/mol. The first-order chi connectivity index (χ1) is 15.5. The summed E-state index contributed by atoms with van der Waals surface area (Å²) in [6.45, 7) is 4.35. The van der Waals surface area contributed by atoms with Crippen molar-refractivity contribution in [3.8, 4) is 0 Å². The number of anilines is 2. The third-order valence-electron chi connectivity index (χ3n) is 5.47. The van der Waals surface area contributed by atoms with Crippen molar-refractivity contribution in [1.29, 1.82) is 0 Å². The van der Waals surface area contributed by atoms with Gasteiger partial charge in [0.05, 0.1) is 11.7 Å². The van der Waals surface area contributed by atoms with Crippen molar-refractivity contribution in [2.24, 2.45) is 0 Å². The fourth-order valence-electron chi connectivity index (χ4n) is 4.10. The van der Waals surface area contributed by atoms with Gasteiger partial charge in [-0.3, -0.25) is 9.78 Å². The number of nitrogens with one attached hydrogen (secondary N) is 2. The Morgan fingerprint density at radius 1 is 1.19 bits per heavy atom. The summed E-state index contributed by atoms with van der Waals surface area (Å²) in [4.78, 5) is 18.6. The molecule has 0 aliphatic carbocycles. The van der Waals surface area contributed by atoms with E-state index in [4.69, 9.17) is 17.0 Å². The third-order valence-corrected chi connectivity index (χ3v) is 5.79. The second kappa shape index (κ2) is 9.50. The van der Waals surface area contributed by atoms with Crippen LogP contribution in [-0.4, -0.2) is 34.3 Å². The van der Waals surface area contributed by atoms with Gasteiger partial charge in [0, 0.05) is 42.6 Å². The standard InChI is InChI=1S/C24H27N5O2S/c1-16(2)28-14-6-8-20(28)23-22(19-7-4-5-13-25-19)27-24(32)29(23)18-11-9-17(10-12-18)26-21(30)15-31-3/h4-14,16,22-23H,15H2,1-3H3,(H,26,30)(H,27,32)/t22-,23-/m0/s1. The van der Waals surface area contributed by atoms with E-state index in [-0.39, 0.29) is 24.6 Å². The Bertz CT molecular complexity index is 1080. The summed E-state index contributed by atoms with van der Waals surface area (Å²) in [6, 6.07) is 17.9. The molecule has 1 aliphatic rings. The fourth-order valence-corrected chi connectivity index (χ4v) is 4.44. The number of hydrogen-bond acceptors (Lipinski definition) is 4. The van der Waals surface area contributed by atoms with Crippen LogP contribution in [0.15, 0.2) is 67.0 Å². The van der Waals surface area contributed by atoms with Crippen LogP contribution in [0, 0.1) is 0 Å². The minimum atomic E-state index is -0.193. The number of hydrogen-bond donors (Lipinski definition) is 2. The number of amides is 1. The number of thiocarbonyl (C=S) groups is 1. The lowest BCUT2D eigenvalue weighted by Crippen LogP contribution is -2.30. The first-order valence-corrected chi connectivity index (χ1v) is 11.0. The molecule has 0 saturated carbocycles. The normalized spacial score (nSPS) is 18.1. The smallest absolute Gasteiger partial charge is 0.250 e. The molecule has 3 heterocycles. The maximum absolute atomic E-state index is 11.8. The minimum absolute atomic E-state index is 0.0158. The number of carbonyl (C=O) groups is 1. The van der Waals surface area contributed by atoms with Crippen molar-refractivity contribution in [3.63, 3.8) is 0 Å². The van der Waals surface area contributed by atoms with Crippen molar-refractivity contribution in [2.45, 2.75) is 32.0 Å². The van der Waals surface area contributed by atoms with Gasteiger partial charge < -0.3 is 24.8 Å². The Hall–Kier alpha value is -3.23. The molecule has 2 N–H and O–H groups in total. The van der Waals surface area contributed by atoms with Crippen LogP contribution < -0.4 is 15.5 Å². The van der Waals surface area contributed by atoms with E-state index >= 15 is 0 Å². The zero-order chi connectivity index (χ0) is 22.7. The molecular weight excluding hydrogens is 422 g/mol. The highest BCUT2D eigenvalue weighted by Gasteiger charge is 2.42. The lowest BCUT2D eigenvalue weighted by molar-refractivity contribution is -0.119. The fraction of sp³-hybridized carbons (Fsp3) is 0.292. The lowest BCUT2D eigenvalue weighted by Gasteiger charge is -2.30. The number of carbonyl (C=O) groups excluding carboxylic acids is 1. The van der Waals surface area contributed by atoms with E-state index < -0.39 is 0 Å². The molecule has 8 heteroatoms. The van der Waals surface area contributed by atoms with Crippen molar-refractivity contribution in [1.82, 2.24) is 14.9 Å². The Labute approximate surface area is 193 Å². The van der Waals surface area contributed by atoms with Gasteiger partial charge in [0.25, 0.3) is 0 Å². The van der Waals surface area contributed by atoms with Crippen LogP contribution >= 0.6 is 12.2 Å². The molecule has 4 rings (SSSR count). The molecule has 166 valence electrons. The molecule has 1 fully saturated rings. The number of nitrogens with zero attached hydrogens (tertiary/aromatic N) is 3. The predicted molar refractivity (Wildman–Crippen MR) is 130 cm³/mol. The van der Waals surface area contributed by atoms with Crippen LogP contribution in [0.3, 0.4) is 0 Å². The summed E-state index contributed by atoms with van der Waals surface area (Å²) in [5.41, 5.74) is 3.73. The maximum Gasteiger partial charge on any atom is 0.250 e. The minimum Gasteiger partial charge on any atom is -0.375 e. The van der Waals surface area contributed by atoms with Crippen LogP contribution in [0.2, 0.25) is 0 Å². The lowest BCUT2D eigenvalue weighted by atomic mass is 10.0. The molecule has 7 nitrogen and oxygen atoms in total. The average Bonchev–Trinajstić information content (AvgIpc) is 3.39. The number of pyridine rings is 1. The largest absolute Gasteiger partial charge is 0.375 e. The van der Waals surface area contributed by atoms with E-state index in [2.05, 4.69) is 57.3 Å². The van der Waals surface area contributed by atoms with E-state index in [0.717, 1.165) is 17.1 Å². The second-order valence-electron chi connectivity index (χ2n) is 7.96. The van der Waals surface area contributed by atoms with E-state index in [1.807, 2.05) is 42.5 Å². The Balaban J connectivity index is 1.72. The maximum atomic E-state index is 11.8. The van der Waals surface area contributed by atoms with Crippen LogP contribution in [0.1, 0.15) is 43.4 Å². The summed E-state index contributed by atoms with van der Waals surface area (Å²) in [7, 11) is 1.50. The molecule has 0 unspecified atom stereocenters. The highest BCUT2D eigenvalue weighted by atomic mass is 32.1. The summed E-state index contributed by atoms with van der Waals surface area (Å²) >= 11 is 5.79. The van der Waals surface area contributed by atoms with Crippen LogP contribution in [-0.2, 0) is 9.53 Å². The van der Waals surface area contributed by atoms with Gasteiger partial charge in [0.15, 0.2) is 5.11 Å². The van der Waals surface area contributed by atoms with Gasteiger partial charge in [-0.25, -0.2) is 0 Å². The Kier molecular flexibility index (Phi) is 6.53. The van der Waals surface area contributed by atoms with Crippen molar-refractivity contribution < 1.29 is 9.53 Å². The molecule has 2 aromatic heterocycles. The highest BCUT2D eigenvalue weighted by Crippen LogP contribution is 2.42. The first-order valence-electron chi connectivity index (χ1n) is 10.6. The van der Waals surface area contributed by atoms with Crippen molar-refractivity contribution >= 4 is 34.6 Å². The number of rotatable bonds is 7. The molecule has 1 amide bonds. The molecule has 3 aromatic rings. The van der Waals surface area contributed by atoms with Gasteiger partial charge in [0.1, 0.15) is 12.6 Å². The topological polar surface area (TPSA) is 71.4 Å². The second-order valence-corrected chi connectivity index (χ2v) is 8.35. The molecule has 0 spiro atoms. The van der Waals surface area contributed by atoms with Crippen LogP contribution in [0.5, 0.6) is 0 Å². The van der Waals surface area contributed by atoms with E-state index in [9.17, 15) is 4.79 Å². The van der Waals surface area contributed by atoms with Crippen molar-refractivity contribution in [3.05, 3.63) is 78.4 Å². The summed E-state index contributed by atoms with van der Waals surface area (Å²) in [6.07, 6.45) is 3.90. The molecule has 1 aliphatic heterocycles. The van der Waals surface area contributed by atoms with Crippen LogP contribution in [0.25, 0.3) is 0 Å². The quantitative estimate of drug-likeness (QED) is 0.526. The van der Waals surface area contributed by atoms with Gasteiger partial charge in [-0.15, -0.1) is 0 Å². The number of methoxy groups -OCH3 is 1. The Morgan fingerprint density at radius 3 is 2.62 bits per heavy atom. The molecular formula is C24H27N5O2S. The van der Waals surface area contributed by atoms with E-state index in [1.54, 1.807) is 6.20 Å². The van der Waals surface area contributed by atoms with Gasteiger partial charge in [0.2, 0.25) is 5.91 Å². The zero-order valence-electron chi connectivity index (χ0n) is 18.4. The third kappa shape index (κ3) is 4.37. The molecule has 0 radical (unpaired) electrons. The first kappa shape index (κ1) is 22.0.